The van der Waals surface area contributed by atoms with Crippen molar-refractivity contribution in [1.29, 1.82) is 0 Å². The third-order valence-corrected chi connectivity index (χ3v) is 4.94. The van der Waals surface area contributed by atoms with E-state index in [0.717, 1.165) is 50.6 Å². The Bertz CT molecular complexity index is 677. The molecule has 0 atom stereocenters. The molecule has 1 aliphatic heterocycles. The number of benzene rings is 2. The molecule has 0 aliphatic carbocycles. The van der Waals surface area contributed by atoms with Crippen molar-refractivity contribution in [3.8, 4) is 11.5 Å². The molecule has 0 bridgehead atoms. The van der Waals surface area contributed by atoms with Gasteiger partial charge in [-0.2, -0.15) is 0 Å². The highest BCUT2D eigenvalue weighted by molar-refractivity contribution is 5.48. The Kier molecular flexibility index (Phi) is 5.82. The molecule has 0 N–H and O–H groups in total. The van der Waals surface area contributed by atoms with E-state index in [1.165, 1.54) is 16.8 Å². The Labute approximate surface area is 151 Å². The molecule has 0 radical (unpaired) electrons. The van der Waals surface area contributed by atoms with Crippen LogP contribution in [0.2, 0.25) is 0 Å². The third-order valence-electron chi connectivity index (χ3n) is 4.94. The standard InChI is InChI=1S/C21H28N2O2/c1-17-4-7-19(8-5-17)23-14-12-22(13-15-23)11-10-18-6-9-20(24-2)21(16-18)25-3/h4-9,16H,10-15H2,1-3H3. The fourth-order valence-electron chi connectivity index (χ4n) is 3.31. The largest absolute Gasteiger partial charge is 0.493 e. The Morgan fingerprint density at radius 1 is 0.840 bits per heavy atom. The van der Waals surface area contributed by atoms with Crippen LogP contribution in [0.1, 0.15) is 11.1 Å². The Morgan fingerprint density at radius 3 is 2.16 bits per heavy atom. The molecule has 2 aromatic rings. The molecule has 1 fully saturated rings. The predicted octanol–water partition coefficient (Wildman–Crippen LogP) is 3.38. The smallest absolute Gasteiger partial charge is 0.160 e. The molecule has 0 amide bonds. The summed E-state index contributed by atoms with van der Waals surface area (Å²) in [6.07, 6.45) is 1.03. The topological polar surface area (TPSA) is 24.9 Å². The number of methoxy groups -OCH3 is 2. The first-order chi connectivity index (χ1) is 12.2. The lowest BCUT2D eigenvalue weighted by Gasteiger charge is -2.36. The summed E-state index contributed by atoms with van der Waals surface area (Å²) in [5.74, 6) is 1.60. The van der Waals surface area contributed by atoms with Crippen molar-refractivity contribution in [2.45, 2.75) is 13.3 Å². The molecule has 1 saturated heterocycles. The number of nitrogens with zero attached hydrogens (tertiary/aromatic N) is 2. The molecule has 134 valence electrons. The Balaban J connectivity index is 1.50. The first-order valence-corrected chi connectivity index (χ1v) is 8.94. The van der Waals surface area contributed by atoms with Crippen LogP contribution in [0.5, 0.6) is 11.5 Å². The zero-order valence-corrected chi connectivity index (χ0v) is 15.5. The number of hydrogen-bond acceptors (Lipinski definition) is 4. The van der Waals surface area contributed by atoms with Crippen LogP contribution in [0.25, 0.3) is 0 Å². The number of anilines is 1. The maximum atomic E-state index is 5.39. The minimum absolute atomic E-state index is 0.790. The van der Waals surface area contributed by atoms with Crippen molar-refractivity contribution in [3.05, 3.63) is 53.6 Å². The van der Waals surface area contributed by atoms with E-state index >= 15 is 0 Å². The minimum Gasteiger partial charge on any atom is -0.493 e. The van der Waals surface area contributed by atoms with Gasteiger partial charge in [0.15, 0.2) is 11.5 Å². The van der Waals surface area contributed by atoms with Gasteiger partial charge in [-0.3, -0.25) is 4.90 Å². The van der Waals surface area contributed by atoms with Gasteiger partial charge in [-0.1, -0.05) is 23.8 Å². The van der Waals surface area contributed by atoms with Crippen molar-refractivity contribution in [2.24, 2.45) is 0 Å². The van der Waals surface area contributed by atoms with E-state index < -0.39 is 0 Å². The van der Waals surface area contributed by atoms with Gasteiger partial charge in [0.05, 0.1) is 14.2 Å². The Morgan fingerprint density at radius 2 is 1.52 bits per heavy atom. The van der Waals surface area contributed by atoms with Gasteiger partial charge in [-0.25, -0.2) is 0 Å². The lowest BCUT2D eigenvalue weighted by molar-refractivity contribution is 0.261. The normalized spacial score (nSPS) is 15.2. The van der Waals surface area contributed by atoms with Gasteiger partial charge in [-0.15, -0.1) is 0 Å². The van der Waals surface area contributed by atoms with Crippen LogP contribution in [-0.2, 0) is 6.42 Å². The van der Waals surface area contributed by atoms with Gasteiger partial charge < -0.3 is 14.4 Å². The minimum atomic E-state index is 0.790. The van der Waals surface area contributed by atoms with Gasteiger partial charge in [0, 0.05) is 38.4 Å². The number of ether oxygens (including phenoxy) is 2. The van der Waals surface area contributed by atoms with Gasteiger partial charge in [0.2, 0.25) is 0 Å². The molecule has 4 heteroatoms. The molecule has 0 aromatic heterocycles. The number of rotatable bonds is 6. The maximum absolute atomic E-state index is 5.39. The van der Waals surface area contributed by atoms with E-state index in [9.17, 15) is 0 Å². The van der Waals surface area contributed by atoms with Crippen molar-refractivity contribution >= 4 is 5.69 Å². The van der Waals surface area contributed by atoms with Crippen LogP contribution < -0.4 is 14.4 Å². The Hall–Kier alpha value is -2.20. The highest BCUT2D eigenvalue weighted by Gasteiger charge is 2.17. The van der Waals surface area contributed by atoms with Crippen molar-refractivity contribution in [3.63, 3.8) is 0 Å². The van der Waals surface area contributed by atoms with Crippen molar-refractivity contribution in [1.82, 2.24) is 4.90 Å². The zero-order chi connectivity index (χ0) is 17.6. The quantitative estimate of drug-likeness (QED) is 0.805. The summed E-state index contributed by atoms with van der Waals surface area (Å²) < 4.78 is 10.7. The molecule has 1 heterocycles. The molecule has 3 rings (SSSR count). The van der Waals surface area contributed by atoms with Gasteiger partial charge in [-0.05, 0) is 43.2 Å². The van der Waals surface area contributed by atoms with E-state index in [1.807, 2.05) is 6.07 Å². The third kappa shape index (κ3) is 4.45. The summed E-state index contributed by atoms with van der Waals surface area (Å²) in [6, 6.07) is 15.1. The van der Waals surface area contributed by atoms with Gasteiger partial charge in [0.25, 0.3) is 0 Å². The zero-order valence-electron chi connectivity index (χ0n) is 15.5. The van der Waals surface area contributed by atoms with Crippen LogP contribution in [0.3, 0.4) is 0 Å². The summed E-state index contributed by atoms with van der Waals surface area (Å²) in [7, 11) is 3.36. The summed E-state index contributed by atoms with van der Waals surface area (Å²) >= 11 is 0. The second-order valence-electron chi connectivity index (χ2n) is 6.60. The molecule has 0 saturated carbocycles. The number of piperazine rings is 1. The van der Waals surface area contributed by atoms with E-state index in [-0.39, 0.29) is 0 Å². The predicted molar refractivity (Wildman–Crippen MR) is 103 cm³/mol. The van der Waals surface area contributed by atoms with E-state index in [4.69, 9.17) is 9.47 Å². The molecule has 0 unspecified atom stereocenters. The fourth-order valence-corrected chi connectivity index (χ4v) is 3.31. The molecule has 1 aliphatic rings. The van der Waals surface area contributed by atoms with Crippen molar-refractivity contribution < 1.29 is 9.47 Å². The lowest BCUT2D eigenvalue weighted by Crippen LogP contribution is -2.47. The van der Waals surface area contributed by atoms with Gasteiger partial charge in [0.1, 0.15) is 0 Å². The molecule has 25 heavy (non-hydrogen) atoms. The maximum Gasteiger partial charge on any atom is 0.160 e. The monoisotopic (exact) mass is 340 g/mol. The van der Waals surface area contributed by atoms with E-state index in [1.54, 1.807) is 14.2 Å². The van der Waals surface area contributed by atoms with Crippen LogP contribution in [0, 0.1) is 6.92 Å². The summed E-state index contributed by atoms with van der Waals surface area (Å²) in [5.41, 5.74) is 3.95. The lowest BCUT2D eigenvalue weighted by atomic mass is 10.1. The summed E-state index contributed by atoms with van der Waals surface area (Å²) in [4.78, 5) is 5.02. The molecule has 0 spiro atoms. The van der Waals surface area contributed by atoms with Gasteiger partial charge >= 0.3 is 0 Å². The number of hydrogen-bond donors (Lipinski definition) is 0. The second kappa shape index (κ2) is 8.26. The first-order valence-electron chi connectivity index (χ1n) is 8.94. The SMILES string of the molecule is COc1ccc(CCN2CCN(c3ccc(C)cc3)CC2)cc1OC. The van der Waals surface area contributed by atoms with Crippen LogP contribution >= 0.6 is 0 Å². The highest BCUT2D eigenvalue weighted by atomic mass is 16.5. The van der Waals surface area contributed by atoms with E-state index in [2.05, 4.69) is 53.1 Å². The van der Waals surface area contributed by atoms with E-state index in [0.29, 0.717) is 0 Å². The average molecular weight is 340 g/mol. The summed E-state index contributed by atoms with van der Waals surface area (Å²) in [5, 5.41) is 0. The fraction of sp³-hybridized carbons (Fsp3) is 0.429. The second-order valence-corrected chi connectivity index (χ2v) is 6.60. The number of aryl methyl sites for hydroxylation is 1. The van der Waals surface area contributed by atoms with Crippen molar-refractivity contribution in [2.75, 3.05) is 51.8 Å². The molecular formula is C21H28N2O2. The van der Waals surface area contributed by atoms with Crippen LogP contribution in [0.4, 0.5) is 5.69 Å². The summed E-state index contributed by atoms with van der Waals surface area (Å²) in [6.45, 7) is 7.62. The molecule has 4 nitrogen and oxygen atoms in total. The first kappa shape index (κ1) is 17.6. The molecule has 2 aromatic carbocycles. The molecular weight excluding hydrogens is 312 g/mol. The highest BCUT2D eigenvalue weighted by Crippen LogP contribution is 2.27. The average Bonchev–Trinajstić information content (AvgIpc) is 2.67. The van der Waals surface area contributed by atoms with Crippen LogP contribution in [-0.4, -0.2) is 51.8 Å². The van der Waals surface area contributed by atoms with Crippen LogP contribution in [0.15, 0.2) is 42.5 Å².